The number of rotatable bonds is 5. The Morgan fingerprint density at radius 1 is 1.33 bits per heavy atom. The molecule has 2 atom stereocenters. The fourth-order valence-electron chi connectivity index (χ4n) is 3.51. The van der Waals surface area contributed by atoms with Crippen molar-refractivity contribution in [2.24, 2.45) is 11.7 Å². The highest BCUT2D eigenvalue weighted by atomic mass is 16.1. The molecule has 1 saturated carbocycles. The van der Waals surface area contributed by atoms with Gasteiger partial charge in [-0.25, -0.2) is 0 Å². The number of carbonyl (C=O) groups excluding carboxylic acids is 1. The van der Waals surface area contributed by atoms with E-state index in [0.717, 1.165) is 42.9 Å². The second-order valence-electron chi connectivity index (χ2n) is 6.47. The van der Waals surface area contributed by atoms with Gasteiger partial charge in [0.2, 0.25) is 5.91 Å². The number of amides is 1. The van der Waals surface area contributed by atoms with Crippen LogP contribution in [0.1, 0.15) is 57.4 Å². The highest BCUT2D eigenvalue weighted by Gasteiger charge is 2.38. The molecule has 3 nitrogen and oxygen atoms in total. The summed E-state index contributed by atoms with van der Waals surface area (Å²) in [5.41, 5.74) is 7.41. The van der Waals surface area contributed by atoms with Crippen molar-refractivity contribution in [2.75, 3.05) is 5.32 Å². The smallest absolute Gasteiger partial charge is 0.243 e. The topological polar surface area (TPSA) is 55.1 Å². The number of primary amides is 1. The van der Waals surface area contributed by atoms with Crippen LogP contribution in [0.4, 0.5) is 5.69 Å². The molecule has 0 aliphatic heterocycles. The van der Waals surface area contributed by atoms with Gasteiger partial charge in [-0.2, -0.15) is 0 Å². The summed E-state index contributed by atoms with van der Waals surface area (Å²) in [7, 11) is 0. The molecule has 116 valence electrons. The number of hydrogen-bond acceptors (Lipinski definition) is 2. The first kappa shape index (κ1) is 15.9. The normalized spacial score (nSPS) is 26.1. The van der Waals surface area contributed by atoms with Gasteiger partial charge in [0.15, 0.2) is 0 Å². The van der Waals surface area contributed by atoms with Gasteiger partial charge in [0.05, 0.1) is 0 Å². The van der Waals surface area contributed by atoms with E-state index in [1.54, 1.807) is 0 Å². The van der Waals surface area contributed by atoms with Gasteiger partial charge < -0.3 is 11.1 Å². The lowest BCUT2D eigenvalue weighted by molar-refractivity contribution is -0.122. The molecule has 21 heavy (non-hydrogen) atoms. The maximum absolute atomic E-state index is 12.2. The van der Waals surface area contributed by atoms with E-state index >= 15 is 0 Å². The fourth-order valence-corrected chi connectivity index (χ4v) is 3.51. The summed E-state index contributed by atoms with van der Waals surface area (Å²) in [6, 6.07) is 8.12. The Kier molecular flexibility index (Phi) is 5.27. The minimum absolute atomic E-state index is 0.206. The van der Waals surface area contributed by atoms with E-state index < -0.39 is 5.54 Å². The Morgan fingerprint density at radius 3 is 2.76 bits per heavy atom. The predicted octanol–water partition coefficient (Wildman–Crippen LogP) is 4.01. The Bertz CT molecular complexity index is 486. The van der Waals surface area contributed by atoms with E-state index in [2.05, 4.69) is 25.2 Å². The molecule has 1 aliphatic carbocycles. The summed E-state index contributed by atoms with van der Waals surface area (Å²) in [6.45, 7) is 4.30. The van der Waals surface area contributed by atoms with Gasteiger partial charge in [-0.15, -0.1) is 0 Å². The lowest BCUT2D eigenvalue weighted by Gasteiger charge is -2.32. The first-order chi connectivity index (χ1) is 10.1. The number of nitrogens with one attached hydrogen (secondary N) is 1. The highest BCUT2D eigenvalue weighted by Crippen LogP contribution is 2.35. The van der Waals surface area contributed by atoms with E-state index in [-0.39, 0.29) is 5.91 Å². The molecule has 0 radical (unpaired) electrons. The third-order valence-electron chi connectivity index (χ3n) is 4.88. The first-order valence-electron chi connectivity index (χ1n) is 8.21. The van der Waals surface area contributed by atoms with Crippen LogP contribution in [0, 0.1) is 12.8 Å². The average Bonchev–Trinajstić information content (AvgIpc) is 2.66. The quantitative estimate of drug-likeness (QED) is 0.804. The summed E-state index contributed by atoms with van der Waals surface area (Å²) < 4.78 is 0. The number of anilines is 1. The zero-order valence-electron chi connectivity index (χ0n) is 13.3. The third kappa shape index (κ3) is 3.78. The fraction of sp³-hybridized carbons (Fsp3) is 0.611. The molecule has 3 N–H and O–H groups in total. The van der Waals surface area contributed by atoms with Crippen molar-refractivity contribution in [2.45, 2.75) is 64.3 Å². The Morgan fingerprint density at radius 2 is 2.10 bits per heavy atom. The first-order valence-corrected chi connectivity index (χ1v) is 8.21. The van der Waals surface area contributed by atoms with Crippen molar-refractivity contribution in [1.82, 2.24) is 0 Å². The largest absolute Gasteiger partial charge is 0.371 e. The average molecular weight is 288 g/mol. The van der Waals surface area contributed by atoms with Crippen LogP contribution >= 0.6 is 0 Å². The minimum Gasteiger partial charge on any atom is -0.371 e. The Labute approximate surface area is 128 Å². The van der Waals surface area contributed by atoms with Crippen molar-refractivity contribution >= 4 is 11.6 Å². The van der Waals surface area contributed by atoms with Gasteiger partial charge in [0, 0.05) is 5.69 Å². The summed E-state index contributed by atoms with van der Waals surface area (Å²) in [4.78, 5) is 12.2. The van der Waals surface area contributed by atoms with Crippen LogP contribution < -0.4 is 11.1 Å². The van der Waals surface area contributed by atoms with Crippen LogP contribution in [0.2, 0.25) is 0 Å². The molecule has 0 heterocycles. The van der Waals surface area contributed by atoms with Crippen LogP contribution in [-0.4, -0.2) is 11.4 Å². The molecule has 1 aromatic rings. The zero-order valence-corrected chi connectivity index (χ0v) is 13.3. The molecule has 0 bridgehead atoms. The number of para-hydroxylation sites is 1. The monoisotopic (exact) mass is 288 g/mol. The van der Waals surface area contributed by atoms with Crippen molar-refractivity contribution in [3.05, 3.63) is 29.8 Å². The van der Waals surface area contributed by atoms with Gasteiger partial charge >= 0.3 is 0 Å². The number of benzene rings is 1. The molecule has 0 spiro atoms. The Hall–Kier alpha value is -1.51. The van der Waals surface area contributed by atoms with Crippen molar-refractivity contribution < 1.29 is 4.79 Å². The number of aryl methyl sites for hydroxylation is 1. The van der Waals surface area contributed by atoms with Gasteiger partial charge in [-0.05, 0) is 43.7 Å². The zero-order chi connectivity index (χ0) is 15.3. The van der Waals surface area contributed by atoms with E-state index in [4.69, 9.17) is 5.73 Å². The van der Waals surface area contributed by atoms with Crippen molar-refractivity contribution in [1.29, 1.82) is 0 Å². The minimum atomic E-state index is -0.575. The lowest BCUT2D eigenvalue weighted by atomic mass is 9.87. The van der Waals surface area contributed by atoms with E-state index in [0.29, 0.717) is 0 Å². The summed E-state index contributed by atoms with van der Waals surface area (Å²) >= 11 is 0. The van der Waals surface area contributed by atoms with Crippen LogP contribution in [0.15, 0.2) is 24.3 Å². The van der Waals surface area contributed by atoms with Crippen LogP contribution in [-0.2, 0) is 4.79 Å². The van der Waals surface area contributed by atoms with Crippen LogP contribution in [0.3, 0.4) is 0 Å². The number of carbonyl (C=O) groups is 1. The maximum Gasteiger partial charge on any atom is 0.243 e. The van der Waals surface area contributed by atoms with Crippen LogP contribution in [0.5, 0.6) is 0 Å². The molecular formula is C18H28N2O. The van der Waals surface area contributed by atoms with E-state index in [1.807, 2.05) is 18.2 Å². The molecule has 1 aliphatic rings. The summed E-state index contributed by atoms with van der Waals surface area (Å²) in [6.07, 6.45) is 7.57. The molecule has 1 aromatic carbocycles. The molecule has 1 amide bonds. The molecule has 1 fully saturated rings. The summed E-state index contributed by atoms with van der Waals surface area (Å²) in [5, 5.41) is 3.49. The SMILES string of the molecule is CCCC1CCCC(Nc2ccccc2C)(C(N)=O)CC1. The third-order valence-corrected chi connectivity index (χ3v) is 4.88. The van der Waals surface area contributed by atoms with Gasteiger partial charge in [0.1, 0.15) is 5.54 Å². The molecular weight excluding hydrogens is 260 g/mol. The Balaban J connectivity index is 2.17. The second kappa shape index (κ2) is 6.97. The lowest BCUT2D eigenvalue weighted by Crippen LogP contribution is -2.50. The van der Waals surface area contributed by atoms with E-state index in [9.17, 15) is 4.79 Å². The van der Waals surface area contributed by atoms with Gasteiger partial charge in [0.25, 0.3) is 0 Å². The van der Waals surface area contributed by atoms with Gasteiger partial charge in [-0.1, -0.05) is 50.8 Å². The number of nitrogens with two attached hydrogens (primary N) is 1. The molecule has 0 saturated heterocycles. The van der Waals surface area contributed by atoms with Gasteiger partial charge in [-0.3, -0.25) is 4.79 Å². The molecule has 3 heteroatoms. The second-order valence-corrected chi connectivity index (χ2v) is 6.47. The highest BCUT2D eigenvalue weighted by molar-refractivity contribution is 5.88. The molecule has 2 rings (SSSR count). The molecule has 2 unspecified atom stereocenters. The van der Waals surface area contributed by atoms with Crippen molar-refractivity contribution in [3.8, 4) is 0 Å². The van der Waals surface area contributed by atoms with Crippen molar-refractivity contribution in [3.63, 3.8) is 0 Å². The van der Waals surface area contributed by atoms with Crippen LogP contribution in [0.25, 0.3) is 0 Å². The number of hydrogen-bond donors (Lipinski definition) is 2. The van der Waals surface area contributed by atoms with E-state index in [1.165, 1.54) is 19.3 Å². The molecule has 0 aromatic heterocycles. The summed E-state index contributed by atoms with van der Waals surface area (Å²) in [5.74, 6) is 0.540. The maximum atomic E-state index is 12.2. The standard InChI is InChI=1S/C18H28N2O/c1-3-7-15-9-6-12-18(13-11-15,17(19)21)20-16-10-5-4-8-14(16)2/h4-5,8,10,15,20H,3,6-7,9,11-13H2,1-2H3,(H2,19,21). The predicted molar refractivity (Wildman–Crippen MR) is 88.2 cm³/mol.